The summed E-state index contributed by atoms with van der Waals surface area (Å²) >= 11 is 0. The summed E-state index contributed by atoms with van der Waals surface area (Å²) in [5.74, 6) is 3.30. The van der Waals surface area contributed by atoms with E-state index in [-0.39, 0.29) is 0 Å². The Kier molecular flexibility index (Phi) is 21.4. The average Bonchev–Trinajstić information content (AvgIpc) is 3.55. The van der Waals surface area contributed by atoms with Crippen LogP contribution in [0.25, 0.3) is 0 Å². The van der Waals surface area contributed by atoms with E-state index in [9.17, 15) is 0 Å². The predicted molar refractivity (Wildman–Crippen MR) is 148 cm³/mol. The Morgan fingerprint density at radius 2 is 0.750 bits per heavy atom. The Hall–Kier alpha value is 0. The van der Waals surface area contributed by atoms with Crippen molar-refractivity contribution in [2.45, 2.75) is 188 Å². The third kappa shape index (κ3) is 18.4. The minimum absolute atomic E-state index is 1.04. The molecule has 0 aromatic rings. The summed E-state index contributed by atoms with van der Waals surface area (Å²) in [6.07, 6.45) is 38.7. The van der Waals surface area contributed by atoms with Crippen LogP contribution in [0.2, 0.25) is 0 Å². The fourth-order valence-electron chi connectivity index (χ4n) is 5.89. The van der Waals surface area contributed by atoms with Crippen LogP contribution in [0.4, 0.5) is 0 Å². The lowest BCUT2D eigenvalue weighted by atomic mass is 9.90. The molecule has 0 bridgehead atoms. The van der Waals surface area contributed by atoms with Gasteiger partial charge in [0.05, 0.1) is 0 Å². The molecule has 1 aliphatic rings. The van der Waals surface area contributed by atoms with E-state index >= 15 is 0 Å². The van der Waals surface area contributed by atoms with Crippen molar-refractivity contribution in [1.82, 2.24) is 0 Å². The molecule has 0 aromatic carbocycles. The fourth-order valence-corrected chi connectivity index (χ4v) is 5.89. The highest BCUT2D eigenvalue weighted by Gasteiger charge is 2.34. The molecule has 1 rings (SSSR count). The van der Waals surface area contributed by atoms with Crippen molar-refractivity contribution < 1.29 is 0 Å². The third-order valence-electron chi connectivity index (χ3n) is 8.37. The number of unbranched alkanes of at least 4 members (excludes halogenated alkanes) is 16. The second-order valence-corrected chi connectivity index (χ2v) is 11.6. The molecule has 0 nitrogen and oxygen atoms in total. The van der Waals surface area contributed by atoms with Crippen molar-refractivity contribution in [2.75, 3.05) is 0 Å². The topological polar surface area (TPSA) is 0 Å². The van der Waals surface area contributed by atoms with Gasteiger partial charge < -0.3 is 0 Å². The summed E-state index contributed by atoms with van der Waals surface area (Å²) in [6.45, 7) is 7.00. The molecule has 1 fully saturated rings. The molecule has 192 valence electrons. The van der Waals surface area contributed by atoms with Crippen LogP contribution >= 0.6 is 0 Å². The van der Waals surface area contributed by atoms with Gasteiger partial charge in [0.2, 0.25) is 0 Å². The lowest BCUT2D eigenvalue weighted by molar-refractivity contribution is 0.370. The molecule has 1 saturated carbocycles. The second kappa shape index (κ2) is 22.8. The van der Waals surface area contributed by atoms with Crippen LogP contribution in [0.5, 0.6) is 0 Å². The largest absolute Gasteiger partial charge is 0.0654 e. The zero-order chi connectivity index (χ0) is 23.1. The maximum Gasteiger partial charge on any atom is -0.0383 e. The standard InChI is InChI=1S/C32H64/c1-4-7-10-12-14-16-20-25-30(24-9-6-3)26-21-17-15-19-23-28-32-29-31(32)27-22-18-13-11-8-5-2/h30-32H,4-29H2,1-3H3. The van der Waals surface area contributed by atoms with Crippen LogP contribution in [-0.2, 0) is 0 Å². The van der Waals surface area contributed by atoms with Crippen molar-refractivity contribution in [3.05, 3.63) is 0 Å². The van der Waals surface area contributed by atoms with Crippen LogP contribution in [0.15, 0.2) is 0 Å². The molecule has 32 heavy (non-hydrogen) atoms. The molecule has 0 amide bonds. The van der Waals surface area contributed by atoms with Crippen LogP contribution in [0, 0.1) is 17.8 Å². The van der Waals surface area contributed by atoms with Gasteiger partial charge in [0.15, 0.2) is 0 Å². The highest BCUT2D eigenvalue weighted by atomic mass is 14.4. The average molecular weight is 449 g/mol. The quantitative estimate of drug-likeness (QED) is 0.115. The molecule has 0 N–H and O–H groups in total. The van der Waals surface area contributed by atoms with Gasteiger partial charge in [-0.2, -0.15) is 0 Å². The molecule has 0 spiro atoms. The van der Waals surface area contributed by atoms with Crippen LogP contribution in [0.3, 0.4) is 0 Å². The Morgan fingerprint density at radius 1 is 0.406 bits per heavy atom. The molecular formula is C32H64. The van der Waals surface area contributed by atoms with Crippen LogP contribution in [0.1, 0.15) is 188 Å². The Bertz CT molecular complexity index is 359. The minimum Gasteiger partial charge on any atom is -0.0654 e. The van der Waals surface area contributed by atoms with Crippen molar-refractivity contribution in [3.63, 3.8) is 0 Å². The van der Waals surface area contributed by atoms with Gasteiger partial charge in [0.25, 0.3) is 0 Å². The zero-order valence-corrected chi connectivity index (χ0v) is 23.1. The summed E-state index contributed by atoms with van der Waals surface area (Å²) < 4.78 is 0. The van der Waals surface area contributed by atoms with E-state index < -0.39 is 0 Å². The first-order valence-corrected chi connectivity index (χ1v) is 15.8. The maximum absolute atomic E-state index is 2.36. The summed E-state index contributed by atoms with van der Waals surface area (Å²) in [7, 11) is 0. The van der Waals surface area contributed by atoms with Gasteiger partial charge in [-0.1, -0.05) is 181 Å². The Labute approximate surface area is 205 Å². The number of hydrogen-bond acceptors (Lipinski definition) is 0. The van der Waals surface area contributed by atoms with Gasteiger partial charge in [-0.25, -0.2) is 0 Å². The Morgan fingerprint density at radius 3 is 1.19 bits per heavy atom. The molecular weight excluding hydrogens is 384 g/mol. The number of hydrogen-bond donors (Lipinski definition) is 0. The summed E-state index contributed by atoms with van der Waals surface area (Å²) in [6, 6.07) is 0. The predicted octanol–water partition coefficient (Wildman–Crippen LogP) is 12.1. The van der Waals surface area contributed by atoms with E-state index in [0.717, 1.165) is 17.8 Å². The second-order valence-electron chi connectivity index (χ2n) is 11.6. The molecule has 0 heteroatoms. The van der Waals surface area contributed by atoms with Gasteiger partial charge >= 0.3 is 0 Å². The van der Waals surface area contributed by atoms with Gasteiger partial charge in [-0.15, -0.1) is 0 Å². The van der Waals surface area contributed by atoms with Gasteiger partial charge in [0, 0.05) is 0 Å². The van der Waals surface area contributed by atoms with E-state index in [0.29, 0.717) is 0 Å². The smallest absolute Gasteiger partial charge is 0.0383 e. The summed E-state index contributed by atoms with van der Waals surface area (Å²) in [4.78, 5) is 0. The van der Waals surface area contributed by atoms with Crippen molar-refractivity contribution >= 4 is 0 Å². The van der Waals surface area contributed by atoms with Crippen molar-refractivity contribution in [1.29, 1.82) is 0 Å². The van der Waals surface area contributed by atoms with Gasteiger partial charge in [0.1, 0.15) is 0 Å². The first-order valence-electron chi connectivity index (χ1n) is 15.8. The highest BCUT2D eigenvalue weighted by Crippen LogP contribution is 2.45. The normalized spacial score (nSPS) is 18.8. The molecule has 3 atom stereocenters. The first-order chi connectivity index (χ1) is 15.8. The van der Waals surface area contributed by atoms with Crippen molar-refractivity contribution in [3.8, 4) is 0 Å². The number of rotatable bonds is 26. The minimum atomic E-state index is 1.04. The monoisotopic (exact) mass is 449 g/mol. The van der Waals surface area contributed by atoms with E-state index in [1.807, 2.05) is 0 Å². The SMILES string of the molecule is CCCCCCCCCC(CCCC)CCCCCCCC1CC1CCCCCCCC. The lowest BCUT2D eigenvalue weighted by Gasteiger charge is -2.16. The summed E-state index contributed by atoms with van der Waals surface area (Å²) in [5, 5.41) is 0. The maximum atomic E-state index is 2.36. The summed E-state index contributed by atoms with van der Waals surface area (Å²) in [5.41, 5.74) is 0. The van der Waals surface area contributed by atoms with Crippen molar-refractivity contribution in [2.24, 2.45) is 17.8 Å². The third-order valence-corrected chi connectivity index (χ3v) is 8.37. The molecule has 0 radical (unpaired) electrons. The van der Waals surface area contributed by atoms with Gasteiger partial charge in [-0.3, -0.25) is 0 Å². The van der Waals surface area contributed by atoms with Crippen LogP contribution < -0.4 is 0 Å². The van der Waals surface area contributed by atoms with Gasteiger partial charge in [-0.05, 0) is 24.2 Å². The van der Waals surface area contributed by atoms with Crippen LogP contribution in [-0.4, -0.2) is 0 Å². The molecule has 0 aliphatic heterocycles. The fraction of sp³-hybridized carbons (Fsp3) is 1.00. The molecule has 0 aromatic heterocycles. The zero-order valence-electron chi connectivity index (χ0n) is 23.1. The lowest BCUT2D eigenvalue weighted by Crippen LogP contribution is -2.01. The molecule has 1 aliphatic carbocycles. The van der Waals surface area contributed by atoms with E-state index in [1.54, 1.807) is 19.3 Å². The Balaban J connectivity index is 1.90. The molecule has 0 saturated heterocycles. The van der Waals surface area contributed by atoms with E-state index in [2.05, 4.69) is 20.8 Å². The first kappa shape index (κ1) is 30.0. The highest BCUT2D eigenvalue weighted by molar-refractivity contribution is 4.85. The molecule has 0 heterocycles. The van der Waals surface area contributed by atoms with E-state index in [1.165, 1.54) is 148 Å². The molecule has 3 unspecified atom stereocenters. The van der Waals surface area contributed by atoms with E-state index in [4.69, 9.17) is 0 Å².